The zero-order valence-corrected chi connectivity index (χ0v) is 15.9. The first kappa shape index (κ1) is 20.6. The van der Waals surface area contributed by atoms with E-state index in [1.807, 2.05) is 18.2 Å². The molecule has 2 N–H and O–H groups in total. The molecule has 0 amide bonds. The van der Waals surface area contributed by atoms with Crippen LogP contribution in [0.4, 0.5) is 13.2 Å². The van der Waals surface area contributed by atoms with Gasteiger partial charge in [-0.1, -0.05) is 6.07 Å². The van der Waals surface area contributed by atoms with Crippen molar-refractivity contribution >= 4 is 41.3 Å². The first-order valence-corrected chi connectivity index (χ1v) is 7.73. The predicted octanol–water partition coefficient (Wildman–Crippen LogP) is 3.08. The number of guanidine groups is 1. The van der Waals surface area contributed by atoms with E-state index in [9.17, 15) is 13.2 Å². The minimum Gasteiger partial charge on any atom is -0.356 e. The molecule has 24 heavy (non-hydrogen) atoms. The lowest BCUT2D eigenvalue weighted by molar-refractivity contribution is -0.140. The van der Waals surface area contributed by atoms with E-state index in [4.69, 9.17) is 0 Å². The van der Waals surface area contributed by atoms with Crippen molar-refractivity contribution in [3.8, 4) is 0 Å². The molecule has 2 aromatic heterocycles. The summed E-state index contributed by atoms with van der Waals surface area (Å²) >= 11 is 0.963. The number of hydrogen-bond donors (Lipinski definition) is 2. The Kier molecular flexibility index (Phi) is 8.39. The number of nitrogens with zero attached hydrogens (tertiary/aromatic N) is 3. The summed E-state index contributed by atoms with van der Waals surface area (Å²) in [5.41, 5.74) is 0.0857. The van der Waals surface area contributed by atoms with Crippen LogP contribution in [0.5, 0.6) is 0 Å². The molecular weight excluding hydrogens is 454 g/mol. The molecule has 0 atom stereocenters. The Balaban J connectivity index is 0.00000288. The summed E-state index contributed by atoms with van der Waals surface area (Å²) in [6.07, 6.45) is -1.96. The van der Waals surface area contributed by atoms with Gasteiger partial charge in [0.15, 0.2) is 11.7 Å². The smallest absolute Gasteiger partial charge is 0.356 e. The number of hydrogen-bond acceptors (Lipinski definition) is 4. The number of aromatic nitrogens is 2. The maximum atomic E-state index is 12.5. The fraction of sp³-hybridized carbons (Fsp3) is 0.357. The van der Waals surface area contributed by atoms with Crippen LogP contribution in [-0.4, -0.2) is 29.5 Å². The lowest BCUT2D eigenvalue weighted by Gasteiger charge is -2.10. The Morgan fingerprint density at radius 3 is 2.67 bits per heavy atom. The molecule has 0 aliphatic rings. The highest BCUT2D eigenvalue weighted by molar-refractivity contribution is 14.0. The van der Waals surface area contributed by atoms with E-state index in [0.29, 0.717) is 17.5 Å². The second-order valence-corrected chi connectivity index (χ2v) is 5.49. The van der Waals surface area contributed by atoms with Gasteiger partial charge in [0.25, 0.3) is 0 Å². The van der Waals surface area contributed by atoms with Gasteiger partial charge < -0.3 is 10.6 Å². The lowest BCUT2D eigenvalue weighted by Crippen LogP contribution is -2.37. The fourth-order valence-corrected chi connectivity index (χ4v) is 2.50. The standard InChI is InChI=1S/C14H16F3N5S.HI/c1-18-13(20-7-5-10-4-2-3-6-19-10)21-8-12-22-11(9-23-12)14(15,16)17;/h2-4,6,9H,5,7-8H2,1H3,(H2,18,20,21);1H. The van der Waals surface area contributed by atoms with Crippen LogP contribution in [0.25, 0.3) is 0 Å². The molecular formula is C14H17F3IN5S. The summed E-state index contributed by atoms with van der Waals surface area (Å²) in [5.74, 6) is 0.504. The molecule has 0 saturated carbocycles. The molecule has 2 aromatic rings. The van der Waals surface area contributed by atoms with Crippen LogP contribution >= 0.6 is 35.3 Å². The zero-order valence-electron chi connectivity index (χ0n) is 12.8. The van der Waals surface area contributed by atoms with Crippen LogP contribution in [0.2, 0.25) is 0 Å². The van der Waals surface area contributed by atoms with Crippen molar-refractivity contribution in [1.82, 2.24) is 20.6 Å². The third kappa shape index (κ3) is 6.59. The molecule has 0 bridgehead atoms. The average molecular weight is 471 g/mol. The van der Waals surface area contributed by atoms with Crippen molar-refractivity contribution in [2.24, 2.45) is 4.99 Å². The molecule has 0 aliphatic carbocycles. The van der Waals surface area contributed by atoms with E-state index in [-0.39, 0.29) is 30.5 Å². The second kappa shape index (κ2) is 9.77. The molecule has 132 valence electrons. The van der Waals surface area contributed by atoms with Gasteiger partial charge in [-0.05, 0) is 12.1 Å². The number of thiazole rings is 1. The monoisotopic (exact) mass is 471 g/mol. The van der Waals surface area contributed by atoms with E-state index >= 15 is 0 Å². The first-order valence-electron chi connectivity index (χ1n) is 6.85. The fourth-order valence-electron chi connectivity index (χ4n) is 1.76. The summed E-state index contributed by atoms with van der Waals surface area (Å²) in [4.78, 5) is 11.8. The minimum absolute atomic E-state index is 0. The van der Waals surface area contributed by atoms with Crippen LogP contribution in [0, 0.1) is 0 Å². The quantitative estimate of drug-likeness (QED) is 0.400. The van der Waals surface area contributed by atoms with Crippen molar-refractivity contribution in [2.45, 2.75) is 19.1 Å². The Bertz CT molecular complexity index is 645. The van der Waals surface area contributed by atoms with E-state index in [0.717, 1.165) is 28.8 Å². The second-order valence-electron chi connectivity index (χ2n) is 4.55. The summed E-state index contributed by atoms with van der Waals surface area (Å²) in [6.45, 7) is 0.798. The predicted molar refractivity (Wildman–Crippen MR) is 98.7 cm³/mol. The summed E-state index contributed by atoms with van der Waals surface area (Å²) in [6, 6.07) is 5.68. The SMILES string of the molecule is CN=C(NCCc1ccccn1)NCc1nc(C(F)(F)F)cs1.I. The summed E-state index contributed by atoms with van der Waals surface area (Å²) < 4.78 is 37.4. The molecule has 0 radical (unpaired) electrons. The normalized spacial score (nSPS) is 11.8. The van der Waals surface area contributed by atoms with Crippen molar-refractivity contribution in [3.63, 3.8) is 0 Å². The maximum Gasteiger partial charge on any atom is 0.434 e. The highest BCUT2D eigenvalue weighted by Crippen LogP contribution is 2.29. The Morgan fingerprint density at radius 2 is 2.08 bits per heavy atom. The topological polar surface area (TPSA) is 62.2 Å². The number of halogens is 4. The highest BCUT2D eigenvalue weighted by Gasteiger charge is 2.33. The Labute approximate surface area is 158 Å². The maximum absolute atomic E-state index is 12.5. The zero-order chi connectivity index (χ0) is 16.7. The molecule has 2 rings (SSSR count). The third-order valence-electron chi connectivity index (χ3n) is 2.87. The average Bonchev–Trinajstić information content (AvgIpc) is 3.01. The summed E-state index contributed by atoms with van der Waals surface area (Å²) in [5, 5.41) is 7.37. The number of aliphatic imine (C=N–C) groups is 1. The highest BCUT2D eigenvalue weighted by atomic mass is 127. The van der Waals surface area contributed by atoms with Crippen LogP contribution < -0.4 is 10.6 Å². The lowest BCUT2D eigenvalue weighted by atomic mass is 10.3. The van der Waals surface area contributed by atoms with Gasteiger partial charge in [-0.2, -0.15) is 13.2 Å². The van der Waals surface area contributed by atoms with Gasteiger partial charge >= 0.3 is 6.18 Å². The number of rotatable bonds is 5. The molecule has 0 aliphatic heterocycles. The molecule has 0 spiro atoms. The Morgan fingerprint density at radius 1 is 1.29 bits per heavy atom. The molecule has 10 heteroatoms. The first-order chi connectivity index (χ1) is 11.0. The van der Waals surface area contributed by atoms with Crippen molar-refractivity contribution in [2.75, 3.05) is 13.6 Å². The van der Waals surface area contributed by atoms with Crippen LogP contribution in [0.1, 0.15) is 16.4 Å². The van der Waals surface area contributed by atoms with Crippen LogP contribution in [0.15, 0.2) is 34.8 Å². The van der Waals surface area contributed by atoms with Crippen LogP contribution in [-0.2, 0) is 19.1 Å². The number of pyridine rings is 1. The van der Waals surface area contributed by atoms with E-state index in [1.165, 1.54) is 0 Å². The molecule has 0 fully saturated rings. The van der Waals surface area contributed by atoms with Crippen LogP contribution in [0.3, 0.4) is 0 Å². The van der Waals surface area contributed by atoms with Gasteiger partial charge in [0.1, 0.15) is 5.01 Å². The van der Waals surface area contributed by atoms with Crippen molar-refractivity contribution in [1.29, 1.82) is 0 Å². The number of nitrogens with one attached hydrogen (secondary N) is 2. The molecule has 0 unspecified atom stereocenters. The van der Waals surface area contributed by atoms with Gasteiger partial charge in [0, 0.05) is 37.3 Å². The molecule has 0 saturated heterocycles. The van der Waals surface area contributed by atoms with Gasteiger partial charge in [-0.15, -0.1) is 35.3 Å². The van der Waals surface area contributed by atoms with Gasteiger partial charge in [0.05, 0.1) is 6.54 Å². The van der Waals surface area contributed by atoms with Crippen molar-refractivity contribution in [3.05, 3.63) is 46.2 Å². The van der Waals surface area contributed by atoms with Gasteiger partial charge in [0.2, 0.25) is 0 Å². The Hall–Kier alpha value is -1.43. The molecule has 0 aromatic carbocycles. The van der Waals surface area contributed by atoms with Gasteiger partial charge in [-0.25, -0.2) is 4.98 Å². The largest absolute Gasteiger partial charge is 0.434 e. The van der Waals surface area contributed by atoms with E-state index in [1.54, 1.807) is 13.2 Å². The molecule has 2 heterocycles. The van der Waals surface area contributed by atoms with E-state index < -0.39 is 11.9 Å². The van der Waals surface area contributed by atoms with E-state index in [2.05, 4.69) is 25.6 Å². The third-order valence-corrected chi connectivity index (χ3v) is 3.72. The van der Waals surface area contributed by atoms with Crippen molar-refractivity contribution < 1.29 is 13.2 Å². The van der Waals surface area contributed by atoms with Gasteiger partial charge in [-0.3, -0.25) is 9.98 Å². The minimum atomic E-state index is -4.41. The molecule has 5 nitrogen and oxygen atoms in total. The summed E-state index contributed by atoms with van der Waals surface area (Å²) in [7, 11) is 1.60. The number of alkyl halides is 3.